The summed E-state index contributed by atoms with van der Waals surface area (Å²) >= 11 is 3.56. The van der Waals surface area contributed by atoms with Crippen LogP contribution in [-0.4, -0.2) is 13.7 Å². The Hall–Kier alpha value is -1.52. The third kappa shape index (κ3) is 4.48. The molecule has 0 saturated carbocycles. The third-order valence-electron chi connectivity index (χ3n) is 3.15. The zero-order chi connectivity index (χ0) is 15.1. The Labute approximate surface area is 134 Å². The molecule has 0 radical (unpaired) electrons. The van der Waals surface area contributed by atoms with Gasteiger partial charge in [0.15, 0.2) is 0 Å². The van der Waals surface area contributed by atoms with Crippen molar-refractivity contribution >= 4 is 15.9 Å². The first kappa shape index (κ1) is 15.9. The van der Waals surface area contributed by atoms with E-state index in [1.54, 1.807) is 7.11 Å². The minimum absolute atomic E-state index is 0.481. The molecule has 0 unspecified atom stereocenters. The lowest BCUT2D eigenvalue weighted by atomic mass is 10.2. The summed E-state index contributed by atoms with van der Waals surface area (Å²) < 4.78 is 12.2. The summed E-state index contributed by atoms with van der Waals surface area (Å²) in [6.45, 7) is 4.40. The van der Waals surface area contributed by atoms with E-state index in [1.165, 1.54) is 5.56 Å². The van der Waals surface area contributed by atoms with E-state index in [2.05, 4.69) is 40.3 Å². The summed E-state index contributed by atoms with van der Waals surface area (Å²) in [6.07, 6.45) is 0. The maximum absolute atomic E-state index is 5.88. The summed E-state index contributed by atoms with van der Waals surface area (Å²) in [5, 5.41) is 3.31. The minimum atomic E-state index is 0.481. The van der Waals surface area contributed by atoms with Crippen molar-refractivity contribution in [1.29, 1.82) is 0 Å². The van der Waals surface area contributed by atoms with Gasteiger partial charge in [0.25, 0.3) is 0 Å². The molecular weight excluding hydrogens is 330 g/mol. The third-order valence-corrected chi connectivity index (χ3v) is 3.77. The van der Waals surface area contributed by atoms with Gasteiger partial charge in [0, 0.05) is 12.1 Å². The molecule has 0 spiro atoms. The summed E-state index contributed by atoms with van der Waals surface area (Å²) in [4.78, 5) is 0. The Morgan fingerprint density at radius 1 is 1.10 bits per heavy atom. The van der Waals surface area contributed by atoms with E-state index < -0.39 is 0 Å². The van der Waals surface area contributed by atoms with Crippen LogP contribution in [0.4, 0.5) is 0 Å². The van der Waals surface area contributed by atoms with E-state index in [0.717, 1.165) is 34.6 Å². The van der Waals surface area contributed by atoms with Crippen LogP contribution in [0.2, 0.25) is 0 Å². The average Bonchev–Trinajstić information content (AvgIpc) is 2.52. The van der Waals surface area contributed by atoms with E-state index in [9.17, 15) is 0 Å². The fourth-order valence-corrected chi connectivity index (χ4v) is 2.56. The van der Waals surface area contributed by atoms with Crippen molar-refractivity contribution in [2.45, 2.75) is 20.1 Å². The molecule has 21 heavy (non-hydrogen) atoms. The Morgan fingerprint density at radius 2 is 1.90 bits per heavy atom. The van der Waals surface area contributed by atoms with Crippen molar-refractivity contribution in [3.63, 3.8) is 0 Å². The zero-order valence-electron chi connectivity index (χ0n) is 12.4. The molecule has 112 valence electrons. The van der Waals surface area contributed by atoms with Crippen LogP contribution >= 0.6 is 15.9 Å². The molecule has 0 fully saturated rings. The van der Waals surface area contributed by atoms with Gasteiger partial charge in [-0.2, -0.15) is 0 Å². The number of rotatable bonds is 7. The van der Waals surface area contributed by atoms with E-state index in [-0.39, 0.29) is 0 Å². The normalized spacial score (nSPS) is 10.4. The van der Waals surface area contributed by atoms with E-state index in [4.69, 9.17) is 9.47 Å². The van der Waals surface area contributed by atoms with Gasteiger partial charge >= 0.3 is 0 Å². The van der Waals surface area contributed by atoms with Crippen LogP contribution in [0.5, 0.6) is 11.5 Å². The molecular formula is C17H20BrNO2. The lowest BCUT2D eigenvalue weighted by Crippen LogP contribution is -2.11. The van der Waals surface area contributed by atoms with Gasteiger partial charge in [-0.05, 0) is 46.2 Å². The summed E-state index contributed by atoms with van der Waals surface area (Å²) in [5.74, 6) is 1.68. The van der Waals surface area contributed by atoms with Crippen molar-refractivity contribution in [2.75, 3.05) is 13.7 Å². The van der Waals surface area contributed by atoms with Crippen LogP contribution in [0.3, 0.4) is 0 Å². The molecule has 2 rings (SSSR count). The number of halogens is 1. The Morgan fingerprint density at radius 3 is 2.62 bits per heavy atom. The quantitative estimate of drug-likeness (QED) is 0.814. The van der Waals surface area contributed by atoms with Crippen LogP contribution in [0, 0.1) is 0 Å². The molecule has 0 aliphatic rings. The summed E-state index contributed by atoms with van der Waals surface area (Å²) in [7, 11) is 1.67. The van der Waals surface area contributed by atoms with Gasteiger partial charge in [0.2, 0.25) is 0 Å². The largest absolute Gasteiger partial charge is 0.496 e. The van der Waals surface area contributed by atoms with Gasteiger partial charge in [-0.15, -0.1) is 0 Å². The molecule has 0 bridgehead atoms. The lowest BCUT2D eigenvalue weighted by Gasteiger charge is -2.12. The molecule has 1 N–H and O–H groups in total. The second kappa shape index (κ2) is 8.05. The molecule has 0 aliphatic carbocycles. The van der Waals surface area contributed by atoms with Gasteiger partial charge in [0.1, 0.15) is 18.1 Å². The highest BCUT2D eigenvalue weighted by Crippen LogP contribution is 2.28. The van der Waals surface area contributed by atoms with Crippen molar-refractivity contribution in [1.82, 2.24) is 5.32 Å². The van der Waals surface area contributed by atoms with Crippen LogP contribution < -0.4 is 14.8 Å². The van der Waals surface area contributed by atoms with Gasteiger partial charge in [-0.1, -0.05) is 31.2 Å². The molecule has 2 aromatic carbocycles. The number of benzene rings is 2. The highest BCUT2D eigenvalue weighted by molar-refractivity contribution is 9.10. The molecule has 0 atom stereocenters. The smallest absolute Gasteiger partial charge is 0.134 e. The summed E-state index contributed by atoms with van der Waals surface area (Å²) in [6, 6.07) is 14.0. The second-order valence-corrected chi connectivity index (χ2v) is 5.50. The monoisotopic (exact) mass is 349 g/mol. The molecule has 2 aromatic rings. The maximum Gasteiger partial charge on any atom is 0.134 e. The molecule has 0 aliphatic heterocycles. The van der Waals surface area contributed by atoms with Gasteiger partial charge in [0.05, 0.1) is 11.6 Å². The number of hydrogen-bond acceptors (Lipinski definition) is 3. The van der Waals surface area contributed by atoms with Crippen molar-refractivity contribution in [2.24, 2.45) is 0 Å². The van der Waals surface area contributed by atoms with Crippen molar-refractivity contribution in [3.05, 3.63) is 58.1 Å². The summed E-state index contributed by atoms with van der Waals surface area (Å²) in [5.41, 5.74) is 2.26. The maximum atomic E-state index is 5.88. The lowest BCUT2D eigenvalue weighted by molar-refractivity contribution is 0.295. The molecule has 0 saturated heterocycles. The van der Waals surface area contributed by atoms with Gasteiger partial charge < -0.3 is 14.8 Å². The molecule has 0 heterocycles. The highest BCUT2D eigenvalue weighted by atomic mass is 79.9. The van der Waals surface area contributed by atoms with Gasteiger partial charge in [-0.3, -0.25) is 0 Å². The van der Waals surface area contributed by atoms with Crippen LogP contribution in [0.1, 0.15) is 18.1 Å². The number of methoxy groups -OCH3 is 1. The molecule has 0 aromatic heterocycles. The number of hydrogen-bond donors (Lipinski definition) is 1. The van der Waals surface area contributed by atoms with Crippen LogP contribution in [-0.2, 0) is 13.2 Å². The fourth-order valence-electron chi connectivity index (χ4n) is 2.02. The first-order valence-electron chi connectivity index (χ1n) is 6.98. The standard InChI is InChI=1S/C17H20BrNO2/c1-3-19-11-13-8-9-17(15(18)10-13)21-12-14-6-4-5-7-16(14)20-2/h4-10,19H,3,11-12H2,1-2H3. The molecule has 0 amide bonds. The van der Waals surface area contributed by atoms with Crippen molar-refractivity contribution < 1.29 is 9.47 Å². The SMILES string of the molecule is CCNCc1ccc(OCc2ccccc2OC)c(Br)c1. The second-order valence-electron chi connectivity index (χ2n) is 4.65. The topological polar surface area (TPSA) is 30.5 Å². The molecule has 3 nitrogen and oxygen atoms in total. The first-order valence-corrected chi connectivity index (χ1v) is 7.77. The Balaban J connectivity index is 2.03. The zero-order valence-corrected chi connectivity index (χ0v) is 13.9. The van der Waals surface area contributed by atoms with E-state index in [1.807, 2.05) is 30.3 Å². The number of nitrogens with one attached hydrogen (secondary N) is 1. The van der Waals surface area contributed by atoms with E-state index in [0.29, 0.717) is 6.61 Å². The first-order chi connectivity index (χ1) is 10.2. The average molecular weight is 350 g/mol. The molecule has 4 heteroatoms. The van der Waals surface area contributed by atoms with Gasteiger partial charge in [-0.25, -0.2) is 0 Å². The Bertz CT molecular complexity index is 587. The number of ether oxygens (including phenoxy) is 2. The fraction of sp³-hybridized carbons (Fsp3) is 0.294. The van der Waals surface area contributed by atoms with Crippen LogP contribution in [0.25, 0.3) is 0 Å². The van der Waals surface area contributed by atoms with Crippen LogP contribution in [0.15, 0.2) is 46.9 Å². The predicted octanol–water partition coefficient (Wildman–Crippen LogP) is 4.15. The highest BCUT2D eigenvalue weighted by Gasteiger charge is 2.06. The number of para-hydroxylation sites is 1. The minimum Gasteiger partial charge on any atom is -0.496 e. The van der Waals surface area contributed by atoms with Crippen molar-refractivity contribution in [3.8, 4) is 11.5 Å². The van der Waals surface area contributed by atoms with E-state index >= 15 is 0 Å². The Kier molecular flexibility index (Phi) is 6.08. The predicted molar refractivity (Wildman–Crippen MR) is 88.8 cm³/mol.